The quantitative estimate of drug-likeness (QED) is 0.0943. The number of piperidine rings is 1. The molecule has 2 fully saturated rings. The molecule has 0 unspecified atom stereocenters. The largest absolute Gasteiger partial charge is 0.493 e. The van der Waals surface area contributed by atoms with Crippen LogP contribution < -0.4 is 19.1 Å². The Balaban J connectivity index is 0.913. The third-order valence-electron chi connectivity index (χ3n) is 14.0. The van der Waals surface area contributed by atoms with Crippen molar-refractivity contribution in [2.24, 2.45) is 17.3 Å². The van der Waals surface area contributed by atoms with Crippen LogP contribution in [0, 0.1) is 27.4 Å². The Bertz CT molecular complexity index is 2950. The van der Waals surface area contributed by atoms with Crippen molar-refractivity contribution >= 4 is 61.6 Å². The topological polar surface area (TPSA) is 190 Å². The van der Waals surface area contributed by atoms with Gasteiger partial charge < -0.3 is 29.0 Å². The molecule has 2 amide bonds. The van der Waals surface area contributed by atoms with Crippen molar-refractivity contribution in [2.45, 2.75) is 83.6 Å². The number of piperazine rings is 1. The summed E-state index contributed by atoms with van der Waals surface area (Å²) in [4.78, 5) is 52.1. The van der Waals surface area contributed by atoms with Gasteiger partial charge in [0.15, 0.2) is 0 Å². The highest BCUT2D eigenvalue weighted by Crippen LogP contribution is 2.44. The Morgan fingerprint density at radius 3 is 2.44 bits per heavy atom. The van der Waals surface area contributed by atoms with Crippen LogP contribution in [0.5, 0.6) is 17.2 Å². The van der Waals surface area contributed by atoms with Gasteiger partial charge in [-0.3, -0.25) is 19.8 Å². The van der Waals surface area contributed by atoms with Gasteiger partial charge in [0.1, 0.15) is 28.5 Å². The fourth-order valence-electron chi connectivity index (χ4n) is 10.2. The normalized spacial score (nSPS) is 19.1. The van der Waals surface area contributed by atoms with E-state index >= 15 is 0 Å². The molecule has 370 valence electrons. The average Bonchev–Trinajstić information content (AvgIpc) is 3.79. The number of amides is 2. The molecule has 70 heavy (non-hydrogen) atoms. The molecule has 1 atom stereocenters. The number of hydrogen-bond donors (Lipinski definition) is 2. The summed E-state index contributed by atoms with van der Waals surface area (Å²) in [6.07, 6.45) is 7.69. The number of pyridine rings is 1. The van der Waals surface area contributed by atoms with Crippen LogP contribution in [-0.2, 0) is 21.2 Å². The van der Waals surface area contributed by atoms with Crippen molar-refractivity contribution in [3.63, 3.8) is 0 Å². The number of aromatic amines is 1. The zero-order valence-electron chi connectivity index (χ0n) is 40.3. The standard InChI is InChI=1S/C52H60ClN7O9S/c1-51(2,3)69-50(62)59-18-14-33(15-19-59)37-25-43-45(60(63)64)27-41(28-46(43)67-32-37)70(65,66)56-49(61)42-11-10-39(26-47(42)68-40-24-35-13-17-54-48(35)55-30-40)58-22-20-57(21-23-58)31-36-12-16-52(4,5)29-44(36)34-6-8-38(53)9-7-34/h6-11,13,17,24,26-28,30,33,37H,12,14-16,18-23,25,29,31-32H2,1-5H3,(H,54,55)(H,56,61)/t37-/m0/s1. The number of carbonyl (C=O) groups excluding carboxylic acids is 2. The van der Waals surface area contributed by atoms with E-state index in [2.05, 4.69) is 50.5 Å². The average molecular weight is 995 g/mol. The first kappa shape index (κ1) is 48.8. The number of hydrogen-bond acceptors (Lipinski definition) is 12. The molecule has 0 radical (unpaired) electrons. The van der Waals surface area contributed by atoms with Gasteiger partial charge >= 0.3 is 6.09 Å². The molecule has 5 heterocycles. The molecule has 1 aliphatic carbocycles. The Kier molecular flexibility index (Phi) is 13.6. The van der Waals surface area contributed by atoms with E-state index in [9.17, 15) is 28.1 Å². The predicted octanol–water partition coefficient (Wildman–Crippen LogP) is 10.0. The van der Waals surface area contributed by atoms with Gasteiger partial charge in [-0.25, -0.2) is 22.9 Å². The molecule has 2 saturated heterocycles. The summed E-state index contributed by atoms with van der Waals surface area (Å²) < 4.78 is 48.2. The summed E-state index contributed by atoms with van der Waals surface area (Å²) in [5, 5.41) is 14.0. The van der Waals surface area contributed by atoms with Gasteiger partial charge in [0.05, 0.1) is 33.7 Å². The molecule has 0 spiro atoms. The zero-order valence-corrected chi connectivity index (χ0v) is 41.8. The van der Waals surface area contributed by atoms with E-state index in [0.29, 0.717) is 62.4 Å². The van der Waals surface area contributed by atoms with Crippen molar-refractivity contribution in [3.05, 3.63) is 117 Å². The lowest BCUT2D eigenvalue weighted by atomic mass is 9.72. The number of rotatable bonds is 11. The van der Waals surface area contributed by atoms with E-state index in [1.807, 2.05) is 39.0 Å². The maximum Gasteiger partial charge on any atom is 0.410 e. The van der Waals surface area contributed by atoms with E-state index in [-0.39, 0.29) is 47.0 Å². The summed E-state index contributed by atoms with van der Waals surface area (Å²) in [5.74, 6) is -0.438. The summed E-state index contributed by atoms with van der Waals surface area (Å²) in [7, 11) is -4.68. The molecule has 3 aliphatic heterocycles. The van der Waals surface area contributed by atoms with Gasteiger partial charge in [-0.05, 0) is 118 Å². The van der Waals surface area contributed by atoms with Gasteiger partial charge in [-0.1, -0.05) is 43.2 Å². The third-order valence-corrected chi connectivity index (χ3v) is 15.6. The molecule has 5 aromatic rings. The lowest BCUT2D eigenvalue weighted by Crippen LogP contribution is -2.47. The number of likely N-dealkylation sites (tertiary alicyclic amines) is 1. The number of benzene rings is 3. The first-order chi connectivity index (χ1) is 33.3. The number of nitrogens with one attached hydrogen (secondary N) is 2. The highest BCUT2D eigenvalue weighted by Gasteiger charge is 2.38. The highest BCUT2D eigenvalue weighted by molar-refractivity contribution is 7.90. The molecule has 2 N–H and O–H groups in total. The third kappa shape index (κ3) is 11.1. The smallest absolute Gasteiger partial charge is 0.410 e. The van der Waals surface area contributed by atoms with Gasteiger partial charge in [0.2, 0.25) is 0 Å². The molecule has 3 aromatic carbocycles. The lowest BCUT2D eigenvalue weighted by molar-refractivity contribution is -0.386. The molecule has 16 nitrogen and oxygen atoms in total. The minimum atomic E-state index is -4.68. The summed E-state index contributed by atoms with van der Waals surface area (Å²) in [6, 6.07) is 19.0. The maximum atomic E-state index is 14.2. The van der Waals surface area contributed by atoms with E-state index in [1.165, 1.54) is 35.0 Å². The highest BCUT2D eigenvalue weighted by atomic mass is 35.5. The second-order valence-electron chi connectivity index (χ2n) is 20.8. The number of ether oxygens (including phenoxy) is 3. The zero-order chi connectivity index (χ0) is 49.5. The molecular weight excluding hydrogens is 934 g/mol. The van der Waals surface area contributed by atoms with Crippen LogP contribution in [0.25, 0.3) is 16.6 Å². The Labute approximate surface area is 413 Å². The Morgan fingerprint density at radius 2 is 1.73 bits per heavy atom. The SMILES string of the molecule is CC1(C)CCC(CN2CCN(c3ccc(C(=O)NS(=O)(=O)c4cc5c(c([N+](=O)[O-])c4)C[C@H](C4CCN(C(=O)OC(C)(C)C)CC4)CO5)c(Oc4cnc5[nH]ccc5c4)c3)CC2)=C(c2ccc(Cl)cc2)C1. The van der Waals surface area contributed by atoms with Crippen molar-refractivity contribution in [3.8, 4) is 17.2 Å². The molecular formula is C52H60ClN7O9S. The van der Waals surface area contributed by atoms with Crippen molar-refractivity contribution < 1.29 is 37.1 Å². The molecule has 2 aromatic heterocycles. The fourth-order valence-corrected chi connectivity index (χ4v) is 11.3. The number of nitro groups is 1. The number of allylic oxidation sites excluding steroid dienone is 1. The van der Waals surface area contributed by atoms with Crippen LogP contribution in [0.15, 0.2) is 89.6 Å². The summed E-state index contributed by atoms with van der Waals surface area (Å²) in [6.45, 7) is 15.2. The molecule has 4 aliphatic rings. The first-order valence-electron chi connectivity index (χ1n) is 24.0. The van der Waals surface area contributed by atoms with Crippen molar-refractivity contribution in [2.75, 3.05) is 57.3 Å². The van der Waals surface area contributed by atoms with Crippen LogP contribution in [0.1, 0.15) is 88.2 Å². The number of H-pyrrole nitrogens is 1. The maximum absolute atomic E-state index is 14.2. The number of aromatic nitrogens is 2. The first-order valence-corrected chi connectivity index (χ1v) is 25.8. The number of fused-ring (bicyclic) bond motifs is 2. The number of nitro benzene ring substituents is 1. The lowest BCUT2D eigenvalue weighted by Gasteiger charge is -2.39. The minimum Gasteiger partial charge on any atom is -0.493 e. The van der Waals surface area contributed by atoms with Gasteiger partial charge in [0.25, 0.3) is 21.6 Å². The number of halogens is 1. The monoisotopic (exact) mass is 993 g/mol. The Hall–Kier alpha value is -6.17. The van der Waals surface area contributed by atoms with Crippen LogP contribution in [0.2, 0.25) is 5.02 Å². The van der Waals surface area contributed by atoms with E-state index in [0.717, 1.165) is 61.1 Å². The van der Waals surface area contributed by atoms with Crippen LogP contribution in [0.4, 0.5) is 16.2 Å². The van der Waals surface area contributed by atoms with E-state index in [4.69, 9.17) is 25.8 Å². The van der Waals surface area contributed by atoms with E-state index in [1.54, 1.807) is 29.3 Å². The van der Waals surface area contributed by atoms with Crippen molar-refractivity contribution in [1.82, 2.24) is 24.5 Å². The Morgan fingerprint density at radius 1 is 0.986 bits per heavy atom. The molecule has 9 rings (SSSR count). The summed E-state index contributed by atoms with van der Waals surface area (Å²) in [5.41, 5.74) is 4.93. The molecule has 0 bridgehead atoms. The number of carbonyl (C=O) groups is 2. The fraction of sp³-hybridized carbons (Fsp3) is 0.442. The van der Waals surface area contributed by atoms with Crippen LogP contribution in [-0.4, -0.2) is 103 Å². The van der Waals surface area contributed by atoms with Gasteiger partial charge in [-0.15, -0.1) is 0 Å². The second kappa shape index (κ2) is 19.6. The number of anilines is 1. The van der Waals surface area contributed by atoms with Crippen LogP contribution in [0.3, 0.4) is 0 Å². The molecule has 0 saturated carbocycles. The van der Waals surface area contributed by atoms with Crippen LogP contribution >= 0.6 is 11.6 Å². The van der Waals surface area contributed by atoms with E-state index < -0.39 is 37.0 Å². The van der Waals surface area contributed by atoms with Gasteiger partial charge in [0, 0.05) is 92.2 Å². The summed E-state index contributed by atoms with van der Waals surface area (Å²) >= 11 is 6.26. The molecule has 18 heteroatoms. The van der Waals surface area contributed by atoms with Crippen molar-refractivity contribution in [1.29, 1.82) is 0 Å². The van der Waals surface area contributed by atoms with Gasteiger partial charge in [-0.2, -0.15) is 0 Å². The number of nitrogens with zero attached hydrogens (tertiary/aromatic N) is 5. The minimum absolute atomic E-state index is 0.0636. The number of sulfonamides is 1. The predicted molar refractivity (Wildman–Crippen MR) is 268 cm³/mol. The second-order valence-corrected chi connectivity index (χ2v) is 22.9.